The lowest BCUT2D eigenvalue weighted by molar-refractivity contribution is 0.0459. The third kappa shape index (κ3) is 5.43. The van der Waals surface area contributed by atoms with Crippen molar-refractivity contribution >= 4 is 46.7 Å². The summed E-state index contributed by atoms with van der Waals surface area (Å²) in [6.07, 6.45) is 0. The molecular formula is C28H26Cl3N3O3. The molecule has 3 aromatic rings. The summed E-state index contributed by atoms with van der Waals surface area (Å²) in [5.74, 6) is 1.09. The molecule has 1 saturated heterocycles. The van der Waals surface area contributed by atoms with Gasteiger partial charge in [-0.3, -0.25) is 9.89 Å². The largest absolute Gasteiger partial charge is 0.493 e. The quantitative estimate of drug-likeness (QED) is 0.337. The maximum absolute atomic E-state index is 14.2. The molecule has 6 nitrogen and oxygen atoms in total. The number of rotatable bonds is 5. The number of aliphatic imine (C=N–C) groups is 1. The highest BCUT2D eigenvalue weighted by Gasteiger charge is 2.44. The number of ether oxygens (including phenoxy) is 2. The lowest BCUT2D eigenvalue weighted by atomic mass is 9.93. The van der Waals surface area contributed by atoms with Gasteiger partial charge in [-0.25, -0.2) is 4.79 Å². The molecule has 2 heterocycles. The Labute approximate surface area is 231 Å². The van der Waals surface area contributed by atoms with E-state index in [-0.39, 0.29) is 12.1 Å². The molecule has 0 radical (unpaired) electrons. The molecule has 0 spiro atoms. The normalized spacial score (nSPS) is 19.6. The molecular weight excluding hydrogens is 533 g/mol. The highest BCUT2D eigenvalue weighted by molar-refractivity contribution is 6.31. The third-order valence-corrected chi connectivity index (χ3v) is 7.20. The molecule has 0 N–H and O–H groups in total. The molecule has 2 unspecified atom stereocenters. The van der Waals surface area contributed by atoms with Gasteiger partial charge in [0, 0.05) is 28.2 Å². The Morgan fingerprint density at radius 2 is 1.51 bits per heavy atom. The molecule has 0 bridgehead atoms. The molecule has 2 atom stereocenters. The van der Waals surface area contributed by atoms with E-state index in [1.54, 1.807) is 17.0 Å². The number of benzene rings is 3. The molecule has 192 valence electrons. The number of halogens is 3. The highest BCUT2D eigenvalue weighted by atomic mass is 35.5. The number of urea groups is 1. The van der Waals surface area contributed by atoms with Crippen LogP contribution in [0.5, 0.6) is 5.75 Å². The lowest BCUT2D eigenvalue weighted by Gasteiger charge is -2.36. The second kappa shape index (κ2) is 11.3. The van der Waals surface area contributed by atoms with Crippen molar-refractivity contribution in [2.24, 2.45) is 4.99 Å². The molecule has 2 amide bonds. The minimum atomic E-state index is -0.422. The van der Waals surface area contributed by atoms with E-state index in [2.05, 4.69) is 0 Å². The average molecular weight is 559 g/mol. The first-order valence-corrected chi connectivity index (χ1v) is 13.3. The van der Waals surface area contributed by atoms with E-state index in [1.807, 2.05) is 66.4 Å². The van der Waals surface area contributed by atoms with Crippen LogP contribution in [0.3, 0.4) is 0 Å². The van der Waals surface area contributed by atoms with E-state index in [9.17, 15) is 4.79 Å². The van der Waals surface area contributed by atoms with Crippen LogP contribution in [0.2, 0.25) is 15.1 Å². The molecule has 0 aliphatic carbocycles. The van der Waals surface area contributed by atoms with Crippen LogP contribution in [0.4, 0.5) is 4.79 Å². The topological polar surface area (TPSA) is 54.4 Å². The van der Waals surface area contributed by atoms with Crippen LogP contribution in [0.1, 0.15) is 35.7 Å². The number of carbonyl (C=O) groups is 1. The maximum atomic E-state index is 14.2. The van der Waals surface area contributed by atoms with Gasteiger partial charge in [0.05, 0.1) is 31.4 Å². The molecule has 2 aliphatic heterocycles. The zero-order chi connectivity index (χ0) is 25.9. The van der Waals surface area contributed by atoms with Crippen molar-refractivity contribution in [2.45, 2.75) is 19.0 Å². The standard InChI is InChI=1S/C28H26Cl3N3O3/c1-2-37-24-17-22(31)11-12-23(24)27-32-25(18-3-7-20(29)8-4-18)26(19-5-9-21(30)10-6-19)34(27)28(35)33-13-15-36-16-14-33/h3-12,17,25-26H,2,13-16H2,1H3. The number of nitrogens with zero attached hydrogens (tertiary/aromatic N) is 3. The van der Waals surface area contributed by atoms with Gasteiger partial charge in [0.15, 0.2) is 0 Å². The van der Waals surface area contributed by atoms with E-state index in [0.29, 0.717) is 65.1 Å². The third-order valence-electron chi connectivity index (χ3n) is 6.46. The average Bonchev–Trinajstić information content (AvgIpc) is 3.30. The number of amides is 2. The van der Waals surface area contributed by atoms with Crippen LogP contribution in [0.25, 0.3) is 0 Å². The lowest BCUT2D eigenvalue weighted by Crippen LogP contribution is -2.50. The fourth-order valence-corrected chi connectivity index (χ4v) is 5.13. The Kier molecular flexibility index (Phi) is 7.91. The minimum Gasteiger partial charge on any atom is -0.493 e. The number of hydrogen-bond acceptors (Lipinski definition) is 4. The molecule has 9 heteroatoms. The number of carbonyl (C=O) groups excluding carboxylic acids is 1. The fraction of sp³-hybridized carbons (Fsp3) is 0.286. The number of amidine groups is 1. The minimum absolute atomic E-state index is 0.143. The predicted molar refractivity (Wildman–Crippen MR) is 147 cm³/mol. The molecule has 0 aromatic heterocycles. The summed E-state index contributed by atoms with van der Waals surface area (Å²) in [4.78, 5) is 23.0. The summed E-state index contributed by atoms with van der Waals surface area (Å²) in [5, 5.41) is 1.79. The monoisotopic (exact) mass is 557 g/mol. The van der Waals surface area contributed by atoms with Gasteiger partial charge in [0.1, 0.15) is 17.6 Å². The van der Waals surface area contributed by atoms with Crippen molar-refractivity contribution in [1.82, 2.24) is 9.80 Å². The van der Waals surface area contributed by atoms with Crippen molar-refractivity contribution in [3.8, 4) is 5.75 Å². The van der Waals surface area contributed by atoms with Gasteiger partial charge in [-0.2, -0.15) is 0 Å². The van der Waals surface area contributed by atoms with E-state index in [0.717, 1.165) is 11.1 Å². The molecule has 3 aromatic carbocycles. The predicted octanol–water partition coefficient (Wildman–Crippen LogP) is 7.04. The van der Waals surface area contributed by atoms with Gasteiger partial charge in [-0.05, 0) is 60.5 Å². The summed E-state index contributed by atoms with van der Waals surface area (Å²) in [6.45, 7) is 4.33. The van der Waals surface area contributed by atoms with Gasteiger partial charge in [-0.15, -0.1) is 0 Å². The first-order chi connectivity index (χ1) is 18.0. The van der Waals surface area contributed by atoms with Crippen LogP contribution in [0, 0.1) is 0 Å². The van der Waals surface area contributed by atoms with Crippen LogP contribution >= 0.6 is 34.8 Å². The Balaban J connectivity index is 1.69. The summed E-state index contributed by atoms with van der Waals surface area (Å²) in [7, 11) is 0. The second-order valence-electron chi connectivity index (χ2n) is 8.77. The van der Waals surface area contributed by atoms with E-state index >= 15 is 0 Å². The maximum Gasteiger partial charge on any atom is 0.326 e. The van der Waals surface area contributed by atoms with Crippen molar-refractivity contribution in [3.05, 3.63) is 98.5 Å². The van der Waals surface area contributed by atoms with Crippen LogP contribution < -0.4 is 4.74 Å². The summed E-state index contributed by atoms with van der Waals surface area (Å²) in [5.41, 5.74) is 2.55. The number of hydrogen-bond donors (Lipinski definition) is 0. The number of morpholine rings is 1. The Bertz CT molecular complexity index is 1290. The zero-order valence-corrected chi connectivity index (χ0v) is 22.5. The van der Waals surface area contributed by atoms with Crippen molar-refractivity contribution in [3.63, 3.8) is 0 Å². The first kappa shape index (κ1) is 25.9. The fourth-order valence-electron chi connectivity index (χ4n) is 4.72. The first-order valence-electron chi connectivity index (χ1n) is 12.1. The molecule has 5 rings (SSSR count). The summed E-state index contributed by atoms with van der Waals surface area (Å²) < 4.78 is 11.5. The van der Waals surface area contributed by atoms with Gasteiger partial charge in [-0.1, -0.05) is 59.1 Å². The van der Waals surface area contributed by atoms with Crippen molar-refractivity contribution < 1.29 is 14.3 Å². The molecule has 0 saturated carbocycles. The van der Waals surface area contributed by atoms with E-state index < -0.39 is 6.04 Å². The molecule has 37 heavy (non-hydrogen) atoms. The summed E-state index contributed by atoms with van der Waals surface area (Å²) in [6, 6.07) is 19.6. The Morgan fingerprint density at radius 3 is 2.14 bits per heavy atom. The zero-order valence-electron chi connectivity index (χ0n) is 20.2. The molecule has 2 aliphatic rings. The highest BCUT2D eigenvalue weighted by Crippen LogP contribution is 2.45. The van der Waals surface area contributed by atoms with E-state index in [4.69, 9.17) is 49.3 Å². The van der Waals surface area contributed by atoms with Gasteiger partial charge in [0.25, 0.3) is 0 Å². The summed E-state index contributed by atoms with van der Waals surface area (Å²) >= 11 is 18.7. The van der Waals surface area contributed by atoms with Gasteiger partial charge < -0.3 is 14.4 Å². The van der Waals surface area contributed by atoms with Crippen LogP contribution in [-0.4, -0.2) is 54.6 Å². The van der Waals surface area contributed by atoms with Gasteiger partial charge in [0.2, 0.25) is 0 Å². The second-order valence-corrected chi connectivity index (χ2v) is 10.1. The van der Waals surface area contributed by atoms with Crippen LogP contribution in [0.15, 0.2) is 71.7 Å². The Morgan fingerprint density at radius 1 is 0.919 bits per heavy atom. The Hall–Kier alpha value is -2.77. The molecule has 1 fully saturated rings. The van der Waals surface area contributed by atoms with Crippen molar-refractivity contribution in [1.29, 1.82) is 0 Å². The smallest absolute Gasteiger partial charge is 0.326 e. The SMILES string of the molecule is CCOc1cc(Cl)ccc1C1=NC(c2ccc(Cl)cc2)C(c2ccc(Cl)cc2)N1C(=O)N1CCOCC1. The van der Waals surface area contributed by atoms with Crippen LogP contribution in [-0.2, 0) is 4.74 Å². The van der Waals surface area contributed by atoms with E-state index in [1.165, 1.54) is 0 Å². The van der Waals surface area contributed by atoms with Crippen molar-refractivity contribution in [2.75, 3.05) is 32.9 Å². The van der Waals surface area contributed by atoms with Gasteiger partial charge >= 0.3 is 6.03 Å².